The molecule has 1 N–H and O–H groups in total. The first kappa shape index (κ1) is 24.9. The molecule has 0 radical (unpaired) electrons. The summed E-state index contributed by atoms with van der Waals surface area (Å²) in [6, 6.07) is 14.6. The summed E-state index contributed by atoms with van der Waals surface area (Å²) in [5.74, 6) is 0.684. The Hall–Kier alpha value is -3.75. The predicted molar refractivity (Wildman–Crippen MR) is 129 cm³/mol. The third kappa shape index (κ3) is 6.87. The van der Waals surface area contributed by atoms with E-state index in [1.54, 1.807) is 24.3 Å². The molecule has 0 unspecified atom stereocenters. The second-order valence-corrected chi connectivity index (χ2v) is 9.95. The number of sulfone groups is 1. The fourth-order valence-corrected chi connectivity index (χ4v) is 4.11. The largest absolute Gasteiger partial charge is 0.490 e. The lowest BCUT2D eigenvalue weighted by atomic mass is 10.1. The molecule has 0 bridgehead atoms. The van der Waals surface area contributed by atoms with E-state index in [4.69, 9.17) is 9.47 Å². The van der Waals surface area contributed by atoms with E-state index in [2.05, 4.69) is 14.7 Å². The average Bonchev–Trinajstić information content (AvgIpc) is 3.27. The molecule has 34 heavy (non-hydrogen) atoms. The van der Waals surface area contributed by atoms with Crippen LogP contribution in [-0.4, -0.2) is 43.2 Å². The van der Waals surface area contributed by atoms with E-state index < -0.39 is 15.7 Å². The van der Waals surface area contributed by atoms with E-state index in [1.165, 1.54) is 11.6 Å². The van der Waals surface area contributed by atoms with Crippen LogP contribution < -0.4 is 14.8 Å². The van der Waals surface area contributed by atoms with Gasteiger partial charge in [0.15, 0.2) is 0 Å². The molecule has 2 aromatic carbocycles. The lowest BCUT2D eigenvalue weighted by Crippen LogP contribution is -2.13. The summed E-state index contributed by atoms with van der Waals surface area (Å²) in [4.78, 5) is 16.1. The standard InChI is InChI=1S/C23H22N4O5S2/c1-15-4-7-20(12-16(15)2)32-11-10-31-19-8-5-17(6-9-19)13-18(14-24)21(28)25-22-26-23(27-33-22)34(3,29)30/h4-9,12-13H,10-11H2,1-3H3,(H,25,26,27,28). The number of carbonyl (C=O) groups excluding carboxylic acids is 1. The van der Waals surface area contributed by atoms with Crippen LogP contribution in [0.1, 0.15) is 16.7 Å². The van der Waals surface area contributed by atoms with Crippen LogP contribution in [-0.2, 0) is 14.6 Å². The number of amides is 1. The summed E-state index contributed by atoms with van der Waals surface area (Å²) >= 11 is 0.714. The normalized spacial score (nSPS) is 11.5. The molecule has 0 aliphatic carbocycles. The fourth-order valence-electron chi connectivity index (χ4n) is 2.67. The van der Waals surface area contributed by atoms with Crippen LogP contribution in [0, 0.1) is 25.2 Å². The number of hydrogen-bond acceptors (Lipinski definition) is 9. The Balaban J connectivity index is 1.54. The maximum atomic E-state index is 12.4. The molecule has 9 nitrogen and oxygen atoms in total. The van der Waals surface area contributed by atoms with Crippen LogP contribution >= 0.6 is 11.5 Å². The van der Waals surface area contributed by atoms with E-state index >= 15 is 0 Å². The molecule has 1 heterocycles. The Kier molecular flexibility index (Phi) is 7.99. The Morgan fingerprint density at radius 2 is 1.74 bits per heavy atom. The molecule has 1 aromatic heterocycles. The second-order valence-electron chi connectivity index (χ2n) is 7.29. The number of ether oxygens (including phenoxy) is 2. The van der Waals surface area contributed by atoms with Crippen LogP contribution in [0.5, 0.6) is 11.5 Å². The van der Waals surface area contributed by atoms with Gasteiger partial charge in [-0.2, -0.15) is 14.6 Å². The topological polar surface area (TPSA) is 131 Å². The molecule has 11 heteroatoms. The zero-order valence-electron chi connectivity index (χ0n) is 18.7. The Labute approximate surface area is 201 Å². The number of hydrogen-bond donors (Lipinski definition) is 1. The van der Waals surface area contributed by atoms with Gasteiger partial charge in [0.1, 0.15) is 36.4 Å². The van der Waals surface area contributed by atoms with Gasteiger partial charge in [0.25, 0.3) is 11.1 Å². The number of anilines is 1. The summed E-state index contributed by atoms with van der Waals surface area (Å²) in [5.41, 5.74) is 2.80. The lowest BCUT2D eigenvalue weighted by molar-refractivity contribution is -0.112. The van der Waals surface area contributed by atoms with Gasteiger partial charge in [-0.3, -0.25) is 10.1 Å². The van der Waals surface area contributed by atoms with Crippen LogP contribution in [0.3, 0.4) is 0 Å². The van der Waals surface area contributed by atoms with Gasteiger partial charge in [-0.25, -0.2) is 8.42 Å². The molecule has 0 atom stereocenters. The fraction of sp³-hybridized carbons (Fsp3) is 0.217. The van der Waals surface area contributed by atoms with Gasteiger partial charge >= 0.3 is 0 Å². The van der Waals surface area contributed by atoms with E-state index in [0.717, 1.165) is 17.6 Å². The van der Waals surface area contributed by atoms with Crippen molar-refractivity contribution in [1.82, 2.24) is 9.36 Å². The minimum Gasteiger partial charge on any atom is -0.490 e. The molecule has 0 spiro atoms. The summed E-state index contributed by atoms with van der Waals surface area (Å²) < 4.78 is 37.9. The van der Waals surface area contributed by atoms with Crippen molar-refractivity contribution in [2.75, 3.05) is 24.8 Å². The first-order valence-corrected chi connectivity index (χ1v) is 12.7. The highest BCUT2D eigenvalue weighted by atomic mass is 32.2. The van der Waals surface area contributed by atoms with Gasteiger partial charge in [0.2, 0.25) is 15.0 Å². The second kappa shape index (κ2) is 10.9. The van der Waals surface area contributed by atoms with Crippen molar-refractivity contribution in [2.24, 2.45) is 0 Å². The van der Waals surface area contributed by atoms with Gasteiger partial charge in [-0.15, -0.1) is 0 Å². The molecule has 3 rings (SSSR count). The van der Waals surface area contributed by atoms with Crippen molar-refractivity contribution < 1.29 is 22.7 Å². The zero-order chi connectivity index (χ0) is 24.7. The molecule has 3 aromatic rings. The number of rotatable bonds is 9. The van der Waals surface area contributed by atoms with E-state index in [9.17, 15) is 18.5 Å². The molecule has 1 amide bonds. The number of carbonyl (C=O) groups is 1. The lowest BCUT2D eigenvalue weighted by Gasteiger charge is -2.10. The van der Waals surface area contributed by atoms with Gasteiger partial charge in [-0.1, -0.05) is 18.2 Å². The van der Waals surface area contributed by atoms with E-state index in [-0.39, 0.29) is 15.9 Å². The van der Waals surface area contributed by atoms with Gasteiger partial charge < -0.3 is 9.47 Å². The molecule has 0 saturated heterocycles. The number of nitrogens with one attached hydrogen (secondary N) is 1. The summed E-state index contributed by atoms with van der Waals surface area (Å²) in [6.45, 7) is 4.81. The smallest absolute Gasteiger partial charge is 0.268 e. The number of nitrogens with zero attached hydrogens (tertiary/aromatic N) is 3. The third-order valence-corrected chi connectivity index (χ3v) is 6.21. The van der Waals surface area contributed by atoms with Crippen molar-refractivity contribution in [3.8, 4) is 17.6 Å². The average molecular weight is 499 g/mol. The third-order valence-electron chi connectivity index (χ3n) is 4.61. The number of benzene rings is 2. The Morgan fingerprint density at radius 3 is 2.32 bits per heavy atom. The minimum atomic E-state index is -3.58. The molecule has 176 valence electrons. The summed E-state index contributed by atoms with van der Waals surface area (Å²) in [7, 11) is -3.58. The number of aromatic nitrogens is 2. The zero-order valence-corrected chi connectivity index (χ0v) is 20.4. The van der Waals surface area contributed by atoms with Gasteiger partial charge in [0.05, 0.1) is 0 Å². The highest BCUT2D eigenvalue weighted by molar-refractivity contribution is 7.90. The maximum Gasteiger partial charge on any atom is 0.268 e. The number of aryl methyl sites for hydroxylation is 2. The SMILES string of the molecule is Cc1ccc(OCCOc2ccc(C=C(C#N)C(=O)Nc3nc(S(C)(=O)=O)ns3)cc2)cc1C. The summed E-state index contributed by atoms with van der Waals surface area (Å²) in [6.07, 6.45) is 2.37. The maximum absolute atomic E-state index is 12.4. The monoisotopic (exact) mass is 498 g/mol. The van der Waals surface area contributed by atoms with E-state index in [1.807, 2.05) is 38.1 Å². The first-order valence-electron chi connectivity index (χ1n) is 10.1. The van der Waals surface area contributed by atoms with Gasteiger partial charge in [0, 0.05) is 17.8 Å². The molecule has 0 fully saturated rings. The van der Waals surface area contributed by atoms with Crippen LogP contribution in [0.4, 0.5) is 5.13 Å². The van der Waals surface area contributed by atoms with Crippen molar-refractivity contribution in [3.05, 3.63) is 64.7 Å². The first-order chi connectivity index (χ1) is 16.2. The highest BCUT2D eigenvalue weighted by Crippen LogP contribution is 2.19. The number of nitriles is 1. The van der Waals surface area contributed by atoms with Crippen LogP contribution in [0.2, 0.25) is 0 Å². The highest BCUT2D eigenvalue weighted by Gasteiger charge is 2.17. The van der Waals surface area contributed by atoms with Crippen molar-refractivity contribution >= 4 is 38.5 Å². The molecule has 0 aliphatic rings. The quantitative estimate of drug-likeness (QED) is 0.269. The minimum absolute atomic E-state index is 0.0154. The molecular formula is C23H22N4O5S2. The molecule has 0 aliphatic heterocycles. The Bertz CT molecular complexity index is 1360. The Morgan fingerprint density at radius 1 is 1.09 bits per heavy atom. The van der Waals surface area contributed by atoms with Crippen LogP contribution in [0.25, 0.3) is 6.08 Å². The van der Waals surface area contributed by atoms with E-state index in [0.29, 0.717) is 36.1 Å². The van der Waals surface area contributed by atoms with Crippen molar-refractivity contribution in [2.45, 2.75) is 19.0 Å². The molecule has 0 saturated carbocycles. The van der Waals surface area contributed by atoms with Gasteiger partial charge in [-0.05, 0) is 60.9 Å². The van der Waals surface area contributed by atoms with Crippen molar-refractivity contribution in [1.29, 1.82) is 5.26 Å². The van der Waals surface area contributed by atoms with Crippen molar-refractivity contribution in [3.63, 3.8) is 0 Å². The van der Waals surface area contributed by atoms with Crippen LogP contribution in [0.15, 0.2) is 53.2 Å². The molecular weight excluding hydrogens is 476 g/mol. The summed E-state index contributed by atoms with van der Waals surface area (Å²) in [5, 5.41) is 11.3. The predicted octanol–water partition coefficient (Wildman–Crippen LogP) is 3.56.